The molecule has 0 aliphatic carbocycles. The van der Waals surface area contributed by atoms with Gasteiger partial charge in [-0.05, 0) is 18.1 Å². The van der Waals surface area contributed by atoms with E-state index in [1.807, 2.05) is 0 Å². The zero-order chi connectivity index (χ0) is 22.2. The minimum atomic E-state index is -3.87. The first kappa shape index (κ1) is 23.0. The molecule has 0 saturated heterocycles. The molecule has 1 N–H and O–H groups in total. The topological polar surface area (TPSA) is 96.3 Å². The lowest BCUT2D eigenvalue weighted by molar-refractivity contribution is 0.119. The lowest BCUT2D eigenvalue weighted by Crippen LogP contribution is -2.48. The maximum Gasteiger partial charge on any atom is 0.408 e. The Hall–Kier alpha value is -3.25. The van der Waals surface area contributed by atoms with E-state index in [2.05, 4.69) is 5.32 Å². The number of allylic oxidation sites excluding steroid dienone is 1. The van der Waals surface area contributed by atoms with E-state index >= 15 is 0 Å². The van der Waals surface area contributed by atoms with Crippen molar-refractivity contribution in [2.75, 3.05) is 12.9 Å². The second-order valence-corrected chi connectivity index (χ2v) is 8.52. The van der Waals surface area contributed by atoms with Crippen molar-refractivity contribution in [3.05, 3.63) is 82.5 Å². The number of benzene rings is 2. The van der Waals surface area contributed by atoms with Crippen LogP contribution >= 0.6 is 0 Å². The smallest absolute Gasteiger partial charge is 0.408 e. The second kappa shape index (κ2) is 9.98. The van der Waals surface area contributed by atoms with Crippen LogP contribution in [0.25, 0.3) is 0 Å². The first-order chi connectivity index (χ1) is 14.2. The third kappa shape index (κ3) is 5.87. The Morgan fingerprint density at radius 2 is 1.83 bits per heavy atom. The number of halogens is 2. The average molecular weight is 434 g/mol. The number of hydrogen-bond donors (Lipinski definition) is 1. The van der Waals surface area contributed by atoms with Crippen LogP contribution in [0.5, 0.6) is 0 Å². The number of alkyl halides is 1. The predicted octanol–water partition coefficient (Wildman–Crippen LogP) is 3.76. The molecule has 2 rings (SSSR count). The number of rotatable bonds is 8. The van der Waals surface area contributed by atoms with Gasteiger partial charge in [0.15, 0.2) is 9.84 Å². The highest BCUT2D eigenvalue weighted by molar-refractivity contribution is 7.94. The SMILES string of the molecule is CS(=O)(=O)/C(C#N)=C/C[C@](CF)(NC(=O)OCc1ccccc1)c1ccccc1F. The number of ether oxygens (including phenoxy) is 1. The number of nitrogens with one attached hydrogen (secondary N) is 1. The van der Waals surface area contributed by atoms with Gasteiger partial charge >= 0.3 is 6.09 Å². The fourth-order valence-corrected chi connectivity index (χ4v) is 3.29. The highest BCUT2D eigenvalue weighted by atomic mass is 32.2. The summed E-state index contributed by atoms with van der Waals surface area (Å²) in [6, 6.07) is 15.5. The van der Waals surface area contributed by atoms with Gasteiger partial charge in [-0.15, -0.1) is 0 Å². The third-order valence-corrected chi connectivity index (χ3v) is 5.37. The monoisotopic (exact) mass is 434 g/mol. The summed E-state index contributed by atoms with van der Waals surface area (Å²) in [6.45, 7) is -1.37. The maximum atomic E-state index is 14.5. The Kier molecular flexibility index (Phi) is 7.66. The Morgan fingerprint density at radius 1 is 1.20 bits per heavy atom. The molecule has 0 aliphatic rings. The quantitative estimate of drug-likeness (QED) is 0.638. The van der Waals surface area contributed by atoms with E-state index in [-0.39, 0.29) is 12.2 Å². The fourth-order valence-electron chi connectivity index (χ4n) is 2.74. The van der Waals surface area contributed by atoms with Crippen LogP contribution in [0, 0.1) is 17.1 Å². The molecular formula is C21H20F2N2O4S. The van der Waals surface area contributed by atoms with E-state index < -0.39 is 45.3 Å². The first-order valence-corrected chi connectivity index (χ1v) is 10.7. The van der Waals surface area contributed by atoms with Crippen molar-refractivity contribution >= 4 is 15.9 Å². The van der Waals surface area contributed by atoms with Crippen LogP contribution in [0.3, 0.4) is 0 Å². The minimum Gasteiger partial charge on any atom is -0.445 e. The molecule has 0 fully saturated rings. The molecule has 0 aromatic heterocycles. The van der Waals surface area contributed by atoms with E-state index in [0.717, 1.165) is 18.4 Å². The maximum absolute atomic E-state index is 14.5. The summed E-state index contributed by atoms with van der Waals surface area (Å²) >= 11 is 0. The summed E-state index contributed by atoms with van der Waals surface area (Å²) in [7, 11) is -3.87. The van der Waals surface area contributed by atoms with Gasteiger partial charge in [0.25, 0.3) is 0 Å². The number of sulfone groups is 1. The van der Waals surface area contributed by atoms with Crippen LogP contribution in [0.1, 0.15) is 17.5 Å². The molecule has 0 bridgehead atoms. The fraction of sp³-hybridized carbons (Fsp3) is 0.238. The van der Waals surface area contributed by atoms with Crippen LogP contribution in [0.4, 0.5) is 13.6 Å². The molecule has 0 saturated carbocycles. The van der Waals surface area contributed by atoms with Gasteiger partial charge in [0.2, 0.25) is 0 Å². The molecule has 1 amide bonds. The van der Waals surface area contributed by atoms with Crippen LogP contribution in [0.2, 0.25) is 0 Å². The molecule has 9 heteroatoms. The zero-order valence-electron chi connectivity index (χ0n) is 16.1. The Labute approximate surface area is 173 Å². The van der Waals surface area contributed by atoms with E-state index in [1.165, 1.54) is 24.3 Å². The molecule has 30 heavy (non-hydrogen) atoms. The minimum absolute atomic E-state index is 0.102. The summed E-state index contributed by atoms with van der Waals surface area (Å²) in [6.07, 6.45) is 0.273. The number of alkyl carbamates (subject to hydrolysis) is 1. The number of nitrogens with zero attached hydrogens (tertiary/aromatic N) is 1. The highest BCUT2D eigenvalue weighted by Gasteiger charge is 2.37. The molecule has 0 aliphatic heterocycles. The van der Waals surface area contributed by atoms with E-state index in [4.69, 9.17) is 10.00 Å². The highest BCUT2D eigenvalue weighted by Crippen LogP contribution is 2.30. The van der Waals surface area contributed by atoms with Crippen LogP contribution < -0.4 is 5.32 Å². The Bertz CT molecular complexity index is 1070. The molecular weight excluding hydrogens is 414 g/mol. The molecule has 0 unspecified atom stereocenters. The lowest BCUT2D eigenvalue weighted by Gasteiger charge is -2.31. The van der Waals surface area contributed by atoms with E-state index in [9.17, 15) is 22.0 Å². The van der Waals surface area contributed by atoms with Crippen molar-refractivity contribution in [2.24, 2.45) is 0 Å². The Morgan fingerprint density at radius 3 is 2.40 bits per heavy atom. The number of carbonyl (C=O) groups is 1. The van der Waals surface area contributed by atoms with Crippen LogP contribution in [0.15, 0.2) is 65.6 Å². The number of hydrogen-bond acceptors (Lipinski definition) is 5. The van der Waals surface area contributed by atoms with Gasteiger partial charge in [0.05, 0.1) is 0 Å². The number of nitriles is 1. The largest absolute Gasteiger partial charge is 0.445 e. The van der Waals surface area contributed by atoms with Crippen molar-refractivity contribution < 1.29 is 26.7 Å². The lowest BCUT2D eigenvalue weighted by atomic mass is 9.87. The van der Waals surface area contributed by atoms with Crippen molar-refractivity contribution in [2.45, 2.75) is 18.6 Å². The molecule has 158 valence electrons. The molecule has 2 aromatic carbocycles. The van der Waals surface area contributed by atoms with Crippen molar-refractivity contribution in [1.82, 2.24) is 5.32 Å². The third-order valence-electron chi connectivity index (χ3n) is 4.32. The van der Waals surface area contributed by atoms with Gasteiger partial charge in [-0.1, -0.05) is 54.6 Å². The predicted molar refractivity (Wildman–Crippen MR) is 107 cm³/mol. The molecule has 2 aromatic rings. The summed E-state index contributed by atoms with van der Waals surface area (Å²) in [5, 5.41) is 11.4. The summed E-state index contributed by atoms with van der Waals surface area (Å²) in [5.74, 6) is -0.801. The summed E-state index contributed by atoms with van der Waals surface area (Å²) < 4.78 is 57.2. The Balaban J connectivity index is 2.35. The van der Waals surface area contributed by atoms with Gasteiger partial charge in [0.1, 0.15) is 35.6 Å². The van der Waals surface area contributed by atoms with Crippen molar-refractivity contribution in [3.63, 3.8) is 0 Å². The number of carbonyl (C=O) groups excluding carboxylic acids is 1. The van der Waals surface area contributed by atoms with E-state index in [0.29, 0.717) is 5.56 Å². The van der Waals surface area contributed by atoms with Gasteiger partial charge in [-0.25, -0.2) is 22.0 Å². The molecule has 1 atom stereocenters. The normalized spacial score (nSPS) is 13.7. The van der Waals surface area contributed by atoms with Crippen LogP contribution in [-0.4, -0.2) is 27.4 Å². The van der Waals surface area contributed by atoms with E-state index in [1.54, 1.807) is 30.3 Å². The molecule has 0 heterocycles. The van der Waals surface area contributed by atoms with Gasteiger partial charge in [-0.2, -0.15) is 5.26 Å². The first-order valence-electron chi connectivity index (χ1n) is 8.82. The zero-order valence-corrected chi connectivity index (χ0v) is 17.0. The van der Waals surface area contributed by atoms with Crippen molar-refractivity contribution in [1.29, 1.82) is 5.26 Å². The van der Waals surface area contributed by atoms with Crippen LogP contribution in [-0.2, 0) is 26.7 Å². The number of amides is 1. The standard InChI is InChI=1S/C21H20F2N2O4S/c1-30(27,28)17(13-24)11-12-21(15-22,18-9-5-6-10-19(18)23)25-20(26)29-14-16-7-3-2-4-8-16/h2-11H,12,14-15H2,1H3,(H,25,26)/b17-11+/t21-/m1/s1. The van der Waals surface area contributed by atoms with Gasteiger partial charge < -0.3 is 10.1 Å². The average Bonchev–Trinajstić information content (AvgIpc) is 2.72. The summed E-state index contributed by atoms with van der Waals surface area (Å²) in [5.41, 5.74) is -1.48. The second-order valence-electron chi connectivity index (χ2n) is 6.54. The molecule has 0 radical (unpaired) electrons. The van der Waals surface area contributed by atoms with Crippen molar-refractivity contribution in [3.8, 4) is 6.07 Å². The van der Waals surface area contributed by atoms with Gasteiger partial charge in [-0.3, -0.25) is 0 Å². The van der Waals surface area contributed by atoms with Gasteiger partial charge in [0, 0.05) is 11.8 Å². The molecule has 6 nitrogen and oxygen atoms in total. The summed E-state index contributed by atoms with van der Waals surface area (Å²) in [4.78, 5) is 11.7. The molecule has 0 spiro atoms.